The van der Waals surface area contributed by atoms with Gasteiger partial charge < -0.3 is 9.64 Å². The first-order valence-electron chi connectivity index (χ1n) is 7.70. The van der Waals surface area contributed by atoms with E-state index in [-0.39, 0.29) is 10.9 Å². The van der Waals surface area contributed by atoms with Crippen LogP contribution >= 0.6 is 0 Å². The lowest BCUT2D eigenvalue weighted by atomic mass is 10.0. The van der Waals surface area contributed by atoms with E-state index in [4.69, 9.17) is 4.74 Å². The Hall–Kier alpha value is -1.89. The smallest absolute Gasteiger partial charge is 0.240 e. The number of hydrogen-bond donors (Lipinski definition) is 1. The lowest BCUT2D eigenvalue weighted by Crippen LogP contribution is -2.34. The minimum absolute atomic E-state index is 0.0429. The molecule has 1 N–H and O–H groups in total. The van der Waals surface area contributed by atoms with E-state index in [1.54, 1.807) is 19.2 Å². The molecule has 0 radical (unpaired) electrons. The fourth-order valence-electron chi connectivity index (χ4n) is 2.41. The van der Waals surface area contributed by atoms with Crippen molar-refractivity contribution in [1.29, 1.82) is 0 Å². The molecule has 5 nitrogen and oxygen atoms in total. The summed E-state index contributed by atoms with van der Waals surface area (Å²) in [6, 6.07) is 14.4. The van der Waals surface area contributed by atoms with Gasteiger partial charge in [0.15, 0.2) is 0 Å². The van der Waals surface area contributed by atoms with Crippen LogP contribution in [0.4, 0.5) is 0 Å². The van der Waals surface area contributed by atoms with Gasteiger partial charge in [0.05, 0.1) is 12.0 Å². The largest absolute Gasteiger partial charge is 0.497 e. The van der Waals surface area contributed by atoms with Crippen LogP contribution in [0.3, 0.4) is 0 Å². The van der Waals surface area contributed by atoms with Crippen molar-refractivity contribution in [3.8, 4) is 5.75 Å². The summed E-state index contributed by atoms with van der Waals surface area (Å²) in [5.41, 5.74) is 2.25. The Morgan fingerprint density at radius 3 is 2.12 bits per heavy atom. The first kappa shape index (κ1) is 18.4. The maximum atomic E-state index is 12.5. The number of aryl methyl sites for hydroxylation is 1. The van der Waals surface area contributed by atoms with Crippen molar-refractivity contribution in [2.24, 2.45) is 0 Å². The molecule has 0 spiro atoms. The van der Waals surface area contributed by atoms with Crippen LogP contribution in [0, 0.1) is 6.92 Å². The van der Waals surface area contributed by atoms with Gasteiger partial charge in [0.1, 0.15) is 5.75 Å². The fraction of sp³-hybridized carbons (Fsp3) is 0.333. The molecule has 1 atom stereocenters. The number of rotatable bonds is 7. The van der Waals surface area contributed by atoms with E-state index in [1.807, 2.05) is 50.2 Å². The van der Waals surface area contributed by atoms with E-state index in [1.165, 1.54) is 17.7 Å². The van der Waals surface area contributed by atoms with Crippen molar-refractivity contribution in [3.63, 3.8) is 0 Å². The minimum atomic E-state index is -3.56. The summed E-state index contributed by atoms with van der Waals surface area (Å²) >= 11 is 0. The minimum Gasteiger partial charge on any atom is -0.497 e. The molecule has 6 heteroatoms. The first-order chi connectivity index (χ1) is 11.3. The van der Waals surface area contributed by atoms with Crippen LogP contribution < -0.4 is 9.46 Å². The molecule has 0 aromatic heterocycles. The Morgan fingerprint density at radius 2 is 1.62 bits per heavy atom. The number of benzene rings is 2. The Kier molecular flexibility index (Phi) is 5.99. The maximum Gasteiger partial charge on any atom is 0.240 e. The Labute approximate surface area is 144 Å². The molecule has 2 aromatic carbocycles. The average Bonchev–Trinajstić information content (AvgIpc) is 2.56. The summed E-state index contributed by atoms with van der Waals surface area (Å²) in [6.07, 6.45) is 0. The molecular weight excluding hydrogens is 324 g/mol. The van der Waals surface area contributed by atoms with E-state index in [0.29, 0.717) is 12.3 Å². The number of nitrogens with zero attached hydrogens (tertiary/aromatic N) is 1. The zero-order valence-corrected chi connectivity index (χ0v) is 15.3. The highest BCUT2D eigenvalue weighted by Crippen LogP contribution is 2.20. The highest BCUT2D eigenvalue weighted by Gasteiger charge is 2.19. The van der Waals surface area contributed by atoms with Gasteiger partial charge >= 0.3 is 0 Å². The molecule has 2 aromatic rings. The van der Waals surface area contributed by atoms with Crippen LogP contribution in [0.5, 0.6) is 5.75 Å². The normalized spacial score (nSPS) is 13.0. The van der Waals surface area contributed by atoms with Crippen molar-refractivity contribution >= 4 is 10.0 Å². The number of methoxy groups -OCH3 is 1. The van der Waals surface area contributed by atoms with Crippen molar-refractivity contribution in [2.75, 3.05) is 27.7 Å². The molecule has 0 saturated carbocycles. The maximum absolute atomic E-state index is 12.5. The van der Waals surface area contributed by atoms with Gasteiger partial charge in [-0.2, -0.15) is 0 Å². The standard InChI is InChI=1S/C18H24N2O3S/c1-14-5-7-15(8-6-14)18(20(2)3)13-19-24(21,22)17-11-9-16(23-4)10-12-17/h5-12,18-19H,13H2,1-4H3. The molecule has 0 bridgehead atoms. The molecule has 2 rings (SSSR count). The fourth-order valence-corrected chi connectivity index (χ4v) is 3.45. The Balaban J connectivity index is 2.14. The van der Waals surface area contributed by atoms with Gasteiger partial charge in [-0.3, -0.25) is 0 Å². The van der Waals surface area contributed by atoms with Gasteiger partial charge in [-0.15, -0.1) is 0 Å². The molecule has 0 aliphatic carbocycles. The molecule has 1 unspecified atom stereocenters. The monoisotopic (exact) mass is 348 g/mol. The number of nitrogens with one attached hydrogen (secondary N) is 1. The molecule has 0 aliphatic rings. The highest BCUT2D eigenvalue weighted by atomic mass is 32.2. The van der Waals surface area contributed by atoms with E-state index >= 15 is 0 Å². The average molecular weight is 348 g/mol. The second-order valence-electron chi connectivity index (χ2n) is 5.92. The summed E-state index contributed by atoms with van der Waals surface area (Å²) in [5.74, 6) is 0.625. The zero-order valence-electron chi connectivity index (χ0n) is 14.5. The summed E-state index contributed by atoms with van der Waals surface area (Å²) in [7, 11) is 1.86. The molecule has 0 fully saturated rings. The van der Waals surface area contributed by atoms with Crippen LogP contribution in [-0.4, -0.2) is 41.1 Å². The van der Waals surface area contributed by atoms with Gasteiger partial charge in [0, 0.05) is 12.6 Å². The predicted molar refractivity (Wildman–Crippen MR) is 95.8 cm³/mol. The zero-order chi connectivity index (χ0) is 17.7. The van der Waals surface area contributed by atoms with Crippen LogP contribution in [-0.2, 0) is 10.0 Å². The Morgan fingerprint density at radius 1 is 1.04 bits per heavy atom. The Bertz CT molecular complexity index is 754. The van der Waals surface area contributed by atoms with E-state index < -0.39 is 10.0 Å². The number of likely N-dealkylation sites (N-methyl/N-ethyl adjacent to an activating group) is 1. The second kappa shape index (κ2) is 7.79. The molecular formula is C18H24N2O3S. The number of sulfonamides is 1. The van der Waals surface area contributed by atoms with Crippen molar-refractivity contribution in [3.05, 3.63) is 59.7 Å². The molecule has 0 aliphatic heterocycles. The third kappa shape index (κ3) is 4.56. The first-order valence-corrected chi connectivity index (χ1v) is 9.18. The van der Waals surface area contributed by atoms with Crippen molar-refractivity contribution in [2.45, 2.75) is 17.9 Å². The van der Waals surface area contributed by atoms with Gasteiger partial charge in [-0.05, 0) is 50.8 Å². The van der Waals surface area contributed by atoms with Crippen LogP contribution in [0.15, 0.2) is 53.4 Å². The molecule has 0 amide bonds. The third-order valence-electron chi connectivity index (χ3n) is 3.92. The van der Waals surface area contributed by atoms with Crippen LogP contribution in [0.25, 0.3) is 0 Å². The number of hydrogen-bond acceptors (Lipinski definition) is 4. The van der Waals surface area contributed by atoms with Gasteiger partial charge in [0.2, 0.25) is 10.0 Å². The topological polar surface area (TPSA) is 58.6 Å². The van der Waals surface area contributed by atoms with E-state index in [0.717, 1.165) is 5.56 Å². The summed E-state index contributed by atoms with van der Waals surface area (Å²) in [6.45, 7) is 2.32. The highest BCUT2D eigenvalue weighted by molar-refractivity contribution is 7.89. The summed E-state index contributed by atoms with van der Waals surface area (Å²) in [5, 5.41) is 0. The van der Waals surface area contributed by atoms with Crippen LogP contribution in [0.2, 0.25) is 0 Å². The number of ether oxygens (including phenoxy) is 1. The predicted octanol–water partition coefficient (Wildman–Crippen LogP) is 2.58. The molecule has 0 heterocycles. The molecule has 24 heavy (non-hydrogen) atoms. The van der Waals surface area contributed by atoms with Crippen molar-refractivity contribution < 1.29 is 13.2 Å². The van der Waals surface area contributed by atoms with Gasteiger partial charge in [0.25, 0.3) is 0 Å². The van der Waals surface area contributed by atoms with Crippen LogP contribution in [0.1, 0.15) is 17.2 Å². The van der Waals surface area contributed by atoms with E-state index in [9.17, 15) is 8.42 Å². The van der Waals surface area contributed by atoms with Crippen molar-refractivity contribution in [1.82, 2.24) is 9.62 Å². The molecule has 0 saturated heterocycles. The summed E-state index contributed by atoms with van der Waals surface area (Å²) < 4.78 is 32.7. The lowest BCUT2D eigenvalue weighted by Gasteiger charge is -2.25. The quantitative estimate of drug-likeness (QED) is 0.835. The van der Waals surface area contributed by atoms with E-state index in [2.05, 4.69) is 4.72 Å². The second-order valence-corrected chi connectivity index (χ2v) is 7.68. The van der Waals surface area contributed by atoms with Gasteiger partial charge in [-0.25, -0.2) is 13.1 Å². The lowest BCUT2D eigenvalue weighted by molar-refractivity contribution is 0.299. The third-order valence-corrected chi connectivity index (χ3v) is 5.36. The molecule has 130 valence electrons. The van der Waals surface area contributed by atoms with Gasteiger partial charge in [-0.1, -0.05) is 29.8 Å². The SMILES string of the molecule is COc1ccc(S(=O)(=O)NCC(c2ccc(C)cc2)N(C)C)cc1. The summed E-state index contributed by atoms with van der Waals surface area (Å²) in [4.78, 5) is 2.23.